The van der Waals surface area contributed by atoms with Crippen LogP contribution in [0.5, 0.6) is 5.75 Å². The van der Waals surface area contributed by atoms with Gasteiger partial charge in [0.25, 0.3) is 0 Å². The maximum atomic E-state index is 13.3. The molecule has 0 aliphatic rings. The first-order valence-electron chi connectivity index (χ1n) is 6.66. The van der Waals surface area contributed by atoms with E-state index >= 15 is 0 Å². The Balaban J connectivity index is 2.24. The molecule has 20 heavy (non-hydrogen) atoms. The maximum absolute atomic E-state index is 13.3. The zero-order chi connectivity index (χ0) is 14.7. The first kappa shape index (κ1) is 14.5. The maximum Gasteiger partial charge on any atom is 0.126 e. The number of aryl methyl sites for hydroxylation is 2. The first-order valence-corrected chi connectivity index (χ1v) is 6.66. The number of nitrogens with two attached hydrogens (primary N) is 1. The van der Waals surface area contributed by atoms with Gasteiger partial charge < -0.3 is 10.5 Å². The van der Waals surface area contributed by atoms with E-state index in [4.69, 9.17) is 10.5 Å². The zero-order valence-electron chi connectivity index (χ0n) is 12.1. The van der Waals surface area contributed by atoms with Crippen LogP contribution in [0.1, 0.15) is 28.3 Å². The third-order valence-electron chi connectivity index (χ3n) is 3.49. The van der Waals surface area contributed by atoms with Crippen LogP contribution in [0, 0.1) is 19.7 Å². The molecule has 106 valence electrons. The van der Waals surface area contributed by atoms with Crippen LogP contribution in [-0.2, 0) is 6.42 Å². The average molecular weight is 273 g/mol. The van der Waals surface area contributed by atoms with Crippen molar-refractivity contribution in [3.8, 4) is 5.75 Å². The Kier molecular flexibility index (Phi) is 4.40. The summed E-state index contributed by atoms with van der Waals surface area (Å²) in [4.78, 5) is 0. The fraction of sp³-hybridized carbons (Fsp3) is 0.294. The van der Waals surface area contributed by atoms with Crippen LogP contribution < -0.4 is 10.5 Å². The van der Waals surface area contributed by atoms with Crippen LogP contribution >= 0.6 is 0 Å². The summed E-state index contributed by atoms with van der Waals surface area (Å²) in [5.74, 6) is 0.638. The van der Waals surface area contributed by atoms with Gasteiger partial charge >= 0.3 is 0 Å². The fourth-order valence-electron chi connectivity index (χ4n) is 2.32. The molecule has 2 rings (SSSR count). The number of rotatable bonds is 4. The molecular weight excluding hydrogens is 253 g/mol. The second-order valence-corrected chi connectivity index (χ2v) is 5.13. The lowest BCUT2D eigenvalue weighted by Crippen LogP contribution is -2.14. The molecule has 0 aliphatic heterocycles. The fourth-order valence-corrected chi connectivity index (χ4v) is 2.32. The van der Waals surface area contributed by atoms with Crippen molar-refractivity contribution in [2.75, 3.05) is 7.11 Å². The smallest absolute Gasteiger partial charge is 0.126 e. The van der Waals surface area contributed by atoms with Crippen LogP contribution in [0.2, 0.25) is 0 Å². The molecule has 0 radical (unpaired) electrons. The highest BCUT2D eigenvalue weighted by molar-refractivity contribution is 5.38. The van der Waals surface area contributed by atoms with E-state index in [2.05, 4.69) is 6.07 Å². The Morgan fingerprint density at radius 3 is 2.55 bits per heavy atom. The molecule has 1 unspecified atom stereocenters. The van der Waals surface area contributed by atoms with Crippen molar-refractivity contribution in [2.24, 2.45) is 5.73 Å². The highest BCUT2D eigenvalue weighted by Gasteiger charge is 2.12. The van der Waals surface area contributed by atoms with Crippen LogP contribution in [0.15, 0.2) is 36.4 Å². The molecular formula is C17H20FNO. The summed E-state index contributed by atoms with van der Waals surface area (Å²) in [5.41, 5.74) is 10.0. The molecule has 0 bridgehead atoms. The molecule has 0 amide bonds. The molecule has 1 atom stereocenters. The number of methoxy groups -OCH3 is 1. The van der Waals surface area contributed by atoms with Crippen molar-refractivity contribution >= 4 is 0 Å². The van der Waals surface area contributed by atoms with E-state index in [1.165, 1.54) is 11.6 Å². The minimum Gasteiger partial charge on any atom is -0.496 e. The summed E-state index contributed by atoms with van der Waals surface area (Å²) >= 11 is 0. The Morgan fingerprint density at radius 1 is 1.15 bits per heavy atom. The molecule has 0 heterocycles. The molecule has 2 aromatic rings. The van der Waals surface area contributed by atoms with Gasteiger partial charge in [0.1, 0.15) is 11.6 Å². The van der Waals surface area contributed by atoms with E-state index in [1.807, 2.05) is 25.1 Å². The minimum absolute atomic E-state index is 0.176. The second kappa shape index (κ2) is 6.06. The molecule has 0 aromatic heterocycles. The number of hydrogen-bond donors (Lipinski definition) is 1. The third-order valence-corrected chi connectivity index (χ3v) is 3.49. The zero-order valence-corrected chi connectivity index (χ0v) is 12.1. The van der Waals surface area contributed by atoms with E-state index in [1.54, 1.807) is 20.1 Å². The molecule has 0 aliphatic carbocycles. The summed E-state index contributed by atoms with van der Waals surface area (Å²) in [7, 11) is 1.65. The van der Waals surface area contributed by atoms with E-state index in [0.29, 0.717) is 12.0 Å². The third kappa shape index (κ3) is 3.17. The first-order chi connectivity index (χ1) is 9.51. The van der Waals surface area contributed by atoms with Gasteiger partial charge in [0.2, 0.25) is 0 Å². The van der Waals surface area contributed by atoms with Gasteiger partial charge in [0.05, 0.1) is 7.11 Å². The Labute approximate surface area is 119 Å². The van der Waals surface area contributed by atoms with E-state index in [-0.39, 0.29) is 11.9 Å². The van der Waals surface area contributed by atoms with Crippen molar-refractivity contribution in [2.45, 2.75) is 26.3 Å². The van der Waals surface area contributed by atoms with E-state index in [0.717, 1.165) is 16.9 Å². The molecule has 2 aromatic carbocycles. The largest absolute Gasteiger partial charge is 0.496 e. The Hall–Kier alpha value is -1.87. The standard InChI is InChI=1S/C17H20FNO/c1-11-4-7-17(20-3)14(8-11)10-16(19)13-5-6-15(18)12(2)9-13/h4-9,16H,10,19H2,1-3H3. The van der Waals surface area contributed by atoms with Gasteiger partial charge in [-0.2, -0.15) is 0 Å². The van der Waals surface area contributed by atoms with Gasteiger partial charge in [-0.3, -0.25) is 0 Å². The summed E-state index contributed by atoms with van der Waals surface area (Å²) in [6.45, 7) is 3.79. The van der Waals surface area contributed by atoms with E-state index in [9.17, 15) is 4.39 Å². The van der Waals surface area contributed by atoms with Crippen molar-refractivity contribution in [3.05, 3.63) is 64.5 Å². The topological polar surface area (TPSA) is 35.2 Å². The highest BCUT2D eigenvalue weighted by Crippen LogP contribution is 2.25. The molecule has 3 heteroatoms. The van der Waals surface area contributed by atoms with E-state index < -0.39 is 0 Å². The van der Waals surface area contributed by atoms with Gasteiger partial charge in [0.15, 0.2) is 0 Å². The van der Waals surface area contributed by atoms with Crippen molar-refractivity contribution < 1.29 is 9.13 Å². The lowest BCUT2D eigenvalue weighted by molar-refractivity contribution is 0.408. The molecule has 2 N–H and O–H groups in total. The van der Waals surface area contributed by atoms with Crippen molar-refractivity contribution in [1.82, 2.24) is 0 Å². The lowest BCUT2D eigenvalue weighted by Gasteiger charge is -2.16. The normalized spacial score (nSPS) is 12.2. The predicted molar refractivity (Wildman–Crippen MR) is 79.5 cm³/mol. The number of benzene rings is 2. The number of halogens is 1. The number of hydrogen-bond acceptors (Lipinski definition) is 2. The highest BCUT2D eigenvalue weighted by atomic mass is 19.1. The summed E-state index contributed by atoms with van der Waals surface area (Å²) in [6.07, 6.45) is 0.663. The molecule has 0 saturated carbocycles. The van der Waals surface area contributed by atoms with Crippen LogP contribution in [0.3, 0.4) is 0 Å². The lowest BCUT2D eigenvalue weighted by atomic mass is 9.97. The molecule has 0 saturated heterocycles. The number of ether oxygens (including phenoxy) is 1. The van der Waals surface area contributed by atoms with Gasteiger partial charge in [-0.1, -0.05) is 29.8 Å². The van der Waals surface area contributed by atoms with Gasteiger partial charge in [0, 0.05) is 6.04 Å². The monoisotopic (exact) mass is 273 g/mol. The minimum atomic E-state index is -0.200. The molecule has 0 spiro atoms. The molecule has 0 fully saturated rings. The Bertz CT molecular complexity index is 610. The second-order valence-electron chi connectivity index (χ2n) is 5.13. The summed E-state index contributed by atoms with van der Waals surface area (Å²) in [5, 5.41) is 0. The van der Waals surface area contributed by atoms with Crippen LogP contribution in [0.25, 0.3) is 0 Å². The van der Waals surface area contributed by atoms with Crippen molar-refractivity contribution in [1.29, 1.82) is 0 Å². The SMILES string of the molecule is COc1ccc(C)cc1CC(N)c1ccc(F)c(C)c1. The van der Waals surface area contributed by atoms with Crippen LogP contribution in [0.4, 0.5) is 4.39 Å². The predicted octanol–water partition coefficient (Wildman–Crippen LogP) is 3.69. The van der Waals surface area contributed by atoms with Crippen molar-refractivity contribution in [3.63, 3.8) is 0 Å². The van der Waals surface area contributed by atoms with Gasteiger partial charge in [-0.25, -0.2) is 4.39 Å². The summed E-state index contributed by atoms with van der Waals surface area (Å²) in [6, 6.07) is 10.9. The Morgan fingerprint density at radius 2 is 1.90 bits per heavy atom. The average Bonchev–Trinajstić information content (AvgIpc) is 2.42. The summed E-state index contributed by atoms with van der Waals surface area (Å²) < 4.78 is 18.7. The van der Waals surface area contributed by atoms with Crippen LogP contribution in [-0.4, -0.2) is 7.11 Å². The quantitative estimate of drug-likeness (QED) is 0.922. The molecule has 2 nitrogen and oxygen atoms in total. The van der Waals surface area contributed by atoms with Gasteiger partial charge in [-0.15, -0.1) is 0 Å². The van der Waals surface area contributed by atoms with Gasteiger partial charge in [-0.05, 0) is 49.1 Å².